The van der Waals surface area contributed by atoms with E-state index in [1.165, 1.54) is 16.7 Å². The Labute approximate surface area is 149 Å². The van der Waals surface area contributed by atoms with Gasteiger partial charge in [0, 0.05) is 18.1 Å². The fourth-order valence-electron chi connectivity index (χ4n) is 2.87. The van der Waals surface area contributed by atoms with Gasteiger partial charge in [0.2, 0.25) is 0 Å². The number of carbonyl (C=O) groups excluding carboxylic acids is 1. The lowest BCUT2D eigenvalue weighted by atomic mass is 9.84. The summed E-state index contributed by atoms with van der Waals surface area (Å²) in [5.41, 5.74) is 11.2. The number of aryl methyl sites for hydroxylation is 1. The standard InChI is InChI=1S/C21H25N3O/c1-5-11-23-18(6-2)20(17-9-7-8-14(3)15(17)4)16-10-12-24-19(13-16)21(22)25/h6-13,20H,5H2,1-4H3,(H2,22,25)/b18-6-,23-11?. The molecule has 25 heavy (non-hydrogen) atoms. The Morgan fingerprint density at radius 1 is 1.32 bits per heavy atom. The number of carbonyl (C=O) groups is 1. The minimum atomic E-state index is -0.527. The molecular weight excluding hydrogens is 310 g/mol. The molecule has 1 unspecified atom stereocenters. The maximum absolute atomic E-state index is 11.6. The fraction of sp³-hybridized carbons (Fsp3) is 0.286. The topological polar surface area (TPSA) is 68.3 Å². The summed E-state index contributed by atoms with van der Waals surface area (Å²) in [5, 5.41) is 0. The second-order valence-corrected chi connectivity index (χ2v) is 5.99. The van der Waals surface area contributed by atoms with Crippen molar-refractivity contribution in [3.05, 3.63) is 76.2 Å². The SMILES string of the molecule is C/C=C(\N=CCC)C(c1ccnc(C(N)=O)c1)c1cccc(C)c1C. The number of rotatable bonds is 6. The Kier molecular flexibility index (Phi) is 6.23. The zero-order valence-corrected chi connectivity index (χ0v) is 15.3. The molecule has 2 N–H and O–H groups in total. The van der Waals surface area contributed by atoms with Gasteiger partial charge in [-0.3, -0.25) is 14.8 Å². The van der Waals surface area contributed by atoms with Crippen molar-refractivity contribution in [2.75, 3.05) is 0 Å². The molecule has 1 atom stereocenters. The number of hydrogen-bond acceptors (Lipinski definition) is 3. The molecule has 0 spiro atoms. The Morgan fingerprint density at radius 2 is 2.08 bits per heavy atom. The third kappa shape index (κ3) is 4.21. The van der Waals surface area contributed by atoms with Gasteiger partial charge in [0.25, 0.3) is 5.91 Å². The van der Waals surface area contributed by atoms with Gasteiger partial charge in [0.1, 0.15) is 5.69 Å². The van der Waals surface area contributed by atoms with Crippen LogP contribution in [0.1, 0.15) is 58.9 Å². The summed E-state index contributed by atoms with van der Waals surface area (Å²) < 4.78 is 0. The van der Waals surface area contributed by atoms with Gasteiger partial charge in [-0.05, 0) is 61.6 Å². The van der Waals surface area contributed by atoms with Crippen LogP contribution in [0.25, 0.3) is 0 Å². The highest BCUT2D eigenvalue weighted by Gasteiger charge is 2.22. The van der Waals surface area contributed by atoms with E-state index in [4.69, 9.17) is 5.73 Å². The average molecular weight is 335 g/mol. The Morgan fingerprint density at radius 3 is 2.72 bits per heavy atom. The zero-order valence-electron chi connectivity index (χ0n) is 15.3. The summed E-state index contributed by atoms with van der Waals surface area (Å²) in [7, 11) is 0. The number of primary amides is 1. The molecule has 0 aliphatic heterocycles. The highest BCUT2D eigenvalue weighted by Crippen LogP contribution is 2.35. The lowest BCUT2D eigenvalue weighted by Gasteiger charge is -2.22. The molecular formula is C21H25N3O. The molecule has 0 saturated heterocycles. The lowest BCUT2D eigenvalue weighted by molar-refractivity contribution is 0.0995. The van der Waals surface area contributed by atoms with Gasteiger partial charge in [-0.25, -0.2) is 0 Å². The van der Waals surface area contributed by atoms with E-state index in [9.17, 15) is 4.79 Å². The van der Waals surface area contributed by atoms with E-state index in [2.05, 4.69) is 48.9 Å². The van der Waals surface area contributed by atoms with Crippen molar-refractivity contribution in [2.45, 2.75) is 40.0 Å². The summed E-state index contributed by atoms with van der Waals surface area (Å²) in [6.07, 6.45) is 6.41. The van der Waals surface area contributed by atoms with Gasteiger partial charge in [-0.2, -0.15) is 0 Å². The molecule has 1 aromatic heterocycles. The van der Waals surface area contributed by atoms with E-state index in [0.717, 1.165) is 17.7 Å². The van der Waals surface area contributed by atoms with Crippen molar-refractivity contribution in [3.63, 3.8) is 0 Å². The number of pyridine rings is 1. The molecule has 0 radical (unpaired) electrons. The first-order valence-electron chi connectivity index (χ1n) is 8.50. The van der Waals surface area contributed by atoms with Crippen molar-refractivity contribution in [3.8, 4) is 0 Å². The van der Waals surface area contributed by atoms with Gasteiger partial charge in [-0.1, -0.05) is 31.2 Å². The van der Waals surface area contributed by atoms with Gasteiger partial charge in [0.15, 0.2) is 0 Å². The summed E-state index contributed by atoms with van der Waals surface area (Å²) in [5.74, 6) is -0.602. The second kappa shape index (κ2) is 8.38. The number of benzene rings is 1. The van der Waals surface area contributed by atoms with Gasteiger partial charge >= 0.3 is 0 Å². The van der Waals surface area contributed by atoms with Crippen molar-refractivity contribution in [2.24, 2.45) is 10.7 Å². The molecule has 1 amide bonds. The number of hydrogen-bond donors (Lipinski definition) is 1. The predicted molar refractivity (Wildman–Crippen MR) is 103 cm³/mol. The van der Waals surface area contributed by atoms with Gasteiger partial charge in [-0.15, -0.1) is 0 Å². The van der Waals surface area contributed by atoms with Crippen LogP contribution in [-0.2, 0) is 0 Å². The molecule has 0 bridgehead atoms. The number of nitrogens with zero attached hydrogens (tertiary/aromatic N) is 2. The van der Waals surface area contributed by atoms with Crippen molar-refractivity contribution < 1.29 is 4.79 Å². The number of amides is 1. The number of aromatic nitrogens is 1. The highest BCUT2D eigenvalue weighted by molar-refractivity contribution is 5.90. The van der Waals surface area contributed by atoms with Crippen molar-refractivity contribution in [1.82, 2.24) is 4.98 Å². The van der Waals surface area contributed by atoms with E-state index in [0.29, 0.717) is 0 Å². The van der Waals surface area contributed by atoms with Crippen LogP contribution in [0.2, 0.25) is 0 Å². The number of aliphatic imine (C=N–C) groups is 1. The van der Waals surface area contributed by atoms with E-state index < -0.39 is 5.91 Å². The fourth-order valence-corrected chi connectivity index (χ4v) is 2.87. The molecule has 0 fully saturated rings. The molecule has 4 heteroatoms. The molecule has 0 aliphatic rings. The smallest absolute Gasteiger partial charge is 0.267 e. The second-order valence-electron chi connectivity index (χ2n) is 5.99. The number of nitrogens with two attached hydrogens (primary N) is 1. The van der Waals surface area contributed by atoms with Crippen LogP contribution in [0, 0.1) is 13.8 Å². The first kappa shape index (κ1) is 18.6. The van der Waals surface area contributed by atoms with Crippen LogP contribution in [0.3, 0.4) is 0 Å². The maximum atomic E-state index is 11.6. The summed E-state index contributed by atoms with van der Waals surface area (Å²) >= 11 is 0. The molecule has 2 aromatic rings. The van der Waals surface area contributed by atoms with Crippen LogP contribution >= 0.6 is 0 Å². The molecule has 4 nitrogen and oxygen atoms in total. The van der Waals surface area contributed by atoms with E-state index >= 15 is 0 Å². The molecule has 2 rings (SSSR count). The number of allylic oxidation sites excluding steroid dienone is 2. The summed E-state index contributed by atoms with van der Waals surface area (Å²) in [6, 6.07) is 9.95. The maximum Gasteiger partial charge on any atom is 0.267 e. The minimum absolute atomic E-state index is 0.0752. The highest BCUT2D eigenvalue weighted by atomic mass is 16.1. The Hall–Kier alpha value is -2.75. The predicted octanol–water partition coefficient (Wildman–Crippen LogP) is 4.31. The largest absolute Gasteiger partial charge is 0.364 e. The Balaban J connectivity index is 2.68. The lowest BCUT2D eigenvalue weighted by Crippen LogP contribution is -2.14. The molecule has 130 valence electrons. The van der Waals surface area contributed by atoms with Crippen molar-refractivity contribution in [1.29, 1.82) is 0 Å². The normalized spacial score (nSPS) is 13.2. The zero-order chi connectivity index (χ0) is 18.4. The molecule has 0 saturated carbocycles. The molecule has 0 aliphatic carbocycles. The average Bonchev–Trinajstić information content (AvgIpc) is 2.61. The van der Waals surface area contributed by atoms with Crippen LogP contribution < -0.4 is 5.73 Å². The van der Waals surface area contributed by atoms with E-state index in [1.807, 2.05) is 25.3 Å². The molecule has 1 heterocycles. The van der Waals surface area contributed by atoms with Crippen LogP contribution in [0.15, 0.2) is 53.3 Å². The first-order chi connectivity index (χ1) is 12.0. The minimum Gasteiger partial charge on any atom is -0.364 e. The van der Waals surface area contributed by atoms with Crippen LogP contribution in [-0.4, -0.2) is 17.1 Å². The van der Waals surface area contributed by atoms with E-state index in [1.54, 1.807) is 12.3 Å². The van der Waals surface area contributed by atoms with Crippen LogP contribution in [0.5, 0.6) is 0 Å². The molecule has 1 aromatic carbocycles. The quantitative estimate of drug-likeness (QED) is 0.799. The summed E-state index contributed by atoms with van der Waals surface area (Å²) in [6.45, 7) is 8.25. The first-order valence-corrected chi connectivity index (χ1v) is 8.50. The third-order valence-corrected chi connectivity index (χ3v) is 4.34. The monoisotopic (exact) mass is 335 g/mol. The third-order valence-electron chi connectivity index (χ3n) is 4.34. The summed E-state index contributed by atoms with van der Waals surface area (Å²) in [4.78, 5) is 20.3. The Bertz CT molecular complexity index is 822. The van der Waals surface area contributed by atoms with Crippen LogP contribution in [0.4, 0.5) is 0 Å². The van der Waals surface area contributed by atoms with E-state index in [-0.39, 0.29) is 11.6 Å². The van der Waals surface area contributed by atoms with Crippen molar-refractivity contribution >= 4 is 12.1 Å². The van der Waals surface area contributed by atoms with Gasteiger partial charge in [0.05, 0.1) is 5.92 Å². The van der Waals surface area contributed by atoms with Gasteiger partial charge < -0.3 is 5.73 Å².